The summed E-state index contributed by atoms with van der Waals surface area (Å²) in [5, 5.41) is 3.69. The second-order valence-electron chi connectivity index (χ2n) is 7.82. The summed E-state index contributed by atoms with van der Waals surface area (Å²) in [6.45, 7) is 11.0. The Bertz CT molecular complexity index is 955. The summed E-state index contributed by atoms with van der Waals surface area (Å²) in [5.41, 5.74) is 5.04. The highest BCUT2D eigenvalue weighted by atomic mass is 35.5. The average molecular weight is 386 g/mol. The first-order valence-corrected chi connectivity index (χ1v) is 10.5. The van der Waals surface area contributed by atoms with Crippen LogP contribution in [0.2, 0.25) is 5.28 Å². The van der Waals surface area contributed by atoms with Gasteiger partial charge in [0, 0.05) is 24.0 Å². The third-order valence-corrected chi connectivity index (χ3v) is 6.27. The van der Waals surface area contributed by atoms with Crippen molar-refractivity contribution in [3.63, 3.8) is 0 Å². The Labute approximate surface area is 164 Å². The lowest BCUT2D eigenvalue weighted by Crippen LogP contribution is -2.39. The van der Waals surface area contributed by atoms with E-state index < -0.39 is 0 Å². The van der Waals surface area contributed by atoms with Gasteiger partial charge >= 0.3 is 0 Å². The number of hydrogen-bond acceptors (Lipinski definition) is 4. The van der Waals surface area contributed by atoms with Gasteiger partial charge in [0.05, 0.1) is 5.39 Å². The molecule has 0 radical (unpaired) electrons. The number of aromatic nitrogens is 2. The molecule has 2 atom stereocenters. The van der Waals surface area contributed by atoms with Crippen LogP contribution in [0.3, 0.4) is 0 Å². The van der Waals surface area contributed by atoms with E-state index in [1.165, 1.54) is 28.7 Å². The Hall–Kier alpha value is -1.65. The van der Waals surface area contributed by atoms with Crippen molar-refractivity contribution in [2.75, 3.05) is 18.0 Å². The Morgan fingerprint density at radius 2 is 1.81 bits per heavy atom. The van der Waals surface area contributed by atoms with E-state index >= 15 is 0 Å². The summed E-state index contributed by atoms with van der Waals surface area (Å²) in [4.78, 5) is 12.6. The van der Waals surface area contributed by atoms with Crippen LogP contribution >= 0.6 is 22.9 Å². The zero-order valence-corrected chi connectivity index (χ0v) is 17.3. The van der Waals surface area contributed by atoms with Gasteiger partial charge in [-0.15, -0.1) is 11.3 Å². The summed E-state index contributed by atoms with van der Waals surface area (Å²) in [6.07, 6.45) is 1.27. The molecule has 0 amide bonds. The first-order chi connectivity index (χ1) is 12.4. The number of benzene rings is 1. The molecule has 136 valence electrons. The van der Waals surface area contributed by atoms with E-state index in [9.17, 15) is 0 Å². The van der Waals surface area contributed by atoms with Crippen molar-refractivity contribution in [3.8, 4) is 11.1 Å². The largest absolute Gasteiger partial charge is 0.355 e. The van der Waals surface area contributed by atoms with Crippen LogP contribution in [0.15, 0.2) is 23.6 Å². The molecule has 0 N–H and O–H groups in total. The normalized spacial score (nSPS) is 20.7. The number of rotatable bonds is 2. The van der Waals surface area contributed by atoms with Crippen LogP contribution in [0.25, 0.3) is 21.3 Å². The van der Waals surface area contributed by atoms with E-state index in [0.29, 0.717) is 17.1 Å². The number of halogens is 1. The third kappa shape index (κ3) is 3.21. The number of anilines is 1. The summed E-state index contributed by atoms with van der Waals surface area (Å²) in [5.74, 6) is 2.31. The monoisotopic (exact) mass is 385 g/mol. The molecule has 3 aromatic rings. The van der Waals surface area contributed by atoms with Gasteiger partial charge in [-0.05, 0) is 54.8 Å². The Kier molecular flexibility index (Phi) is 4.66. The zero-order chi connectivity index (χ0) is 18.4. The standard InChI is InChI=1S/C21H24ClN3S/c1-12-5-6-16(15(4)8-12)17-11-26-20-18(17)19(23-21(22)24-20)25-9-13(2)7-14(3)10-25/h5-6,8,11,13-14H,7,9-10H2,1-4H3. The zero-order valence-electron chi connectivity index (χ0n) is 15.7. The fourth-order valence-corrected chi connectivity index (χ4v) is 5.42. The summed E-state index contributed by atoms with van der Waals surface area (Å²) >= 11 is 7.93. The predicted molar refractivity (Wildman–Crippen MR) is 112 cm³/mol. The first kappa shape index (κ1) is 17.7. The van der Waals surface area contributed by atoms with Crippen LogP contribution in [0, 0.1) is 25.7 Å². The molecule has 1 fully saturated rings. The van der Waals surface area contributed by atoms with Crippen LogP contribution in [0.1, 0.15) is 31.4 Å². The molecule has 3 nitrogen and oxygen atoms in total. The van der Waals surface area contributed by atoms with Crippen molar-refractivity contribution in [1.29, 1.82) is 0 Å². The summed E-state index contributed by atoms with van der Waals surface area (Å²) in [7, 11) is 0. The van der Waals surface area contributed by atoms with E-state index in [1.807, 2.05) is 0 Å². The second-order valence-corrected chi connectivity index (χ2v) is 9.01. The minimum Gasteiger partial charge on any atom is -0.355 e. The van der Waals surface area contributed by atoms with Crippen LogP contribution < -0.4 is 4.90 Å². The van der Waals surface area contributed by atoms with Gasteiger partial charge in [0.25, 0.3) is 0 Å². The van der Waals surface area contributed by atoms with Crippen molar-refractivity contribution >= 4 is 39.0 Å². The number of thiophene rings is 1. The number of hydrogen-bond donors (Lipinski definition) is 0. The van der Waals surface area contributed by atoms with Gasteiger partial charge in [0.15, 0.2) is 0 Å². The maximum atomic E-state index is 6.28. The number of nitrogens with zero attached hydrogens (tertiary/aromatic N) is 3. The fraction of sp³-hybridized carbons (Fsp3) is 0.429. The molecule has 0 bridgehead atoms. The lowest BCUT2D eigenvalue weighted by molar-refractivity contribution is 0.356. The first-order valence-electron chi connectivity index (χ1n) is 9.19. The molecule has 2 aromatic heterocycles. The molecular weight excluding hydrogens is 362 g/mol. The molecule has 4 rings (SSSR count). The topological polar surface area (TPSA) is 29.0 Å². The highest BCUT2D eigenvalue weighted by Crippen LogP contribution is 2.41. The van der Waals surface area contributed by atoms with E-state index in [4.69, 9.17) is 11.6 Å². The molecule has 1 aliphatic heterocycles. The van der Waals surface area contributed by atoms with Crippen LogP contribution in [0.5, 0.6) is 0 Å². The van der Waals surface area contributed by atoms with Crippen molar-refractivity contribution in [3.05, 3.63) is 40.0 Å². The van der Waals surface area contributed by atoms with Crippen LogP contribution in [-0.2, 0) is 0 Å². The van der Waals surface area contributed by atoms with Gasteiger partial charge in [0.2, 0.25) is 5.28 Å². The quantitative estimate of drug-likeness (QED) is 0.498. The molecule has 1 saturated heterocycles. The van der Waals surface area contributed by atoms with E-state index in [0.717, 1.165) is 29.1 Å². The third-order valence-electron chi connectivity index (χ3n) is 5.23. The highest BCUT2D eigenvalue weighted by Gasteiger charge is 2.26. The van der Waals surface area contributed by atoms with Gasteiger partial charge in [-0.2, -0.15) is 4.98 Å². The summed E-state index contributed by atoms with van der Waals surface area (Å²) < 4.78 is 0. The van der Waals surface area contributed by atoms with Crippen molar-refractivity contribution in [1.82, 2.24) is 9.97 Å². The van der Waals surface area contributed by atoms with Crippen molar-refractivity contribution < 1.29 is 0 Å². The Morgan fingerprint density at radius 1 is 1.08 bits per heavy atom. The van der Waals surface area contributed by atoms with Gasteiger partial charge in [0.1, 0.15) is 10.6 Å². The molecule has 2 unspecified atom stereocenters. The molecule has 3 heterocycles. The van der Waals surface area contributed by atoms with Crippen molar-refractivity contribution in [2.45, 2.75) is 34.1 Å². The maximum Gasteiger partial charge on any atom is 0.225 e. The smallest absolute Gasteiger partial charge is 0.225 e. The predicted octanol–water partition coefficient (Wildman–Crippen LogP) is 6.11. The van der Waals surface area contributed by atoms with Crippen LogP contribution in [-0.4, -0.2) is 23.1 Å². The average Bonchev–Trinajstić information content (AvgIpc) is 2.96. The molecular formula is C21H24ClN3S. The Morgan fingerprint density at radius 3 is 2.50 bits per heavy atom. The molecule has 0 spiro atoms. The number of piperidine rings is 1. The minimum atomic E-state index is 0.340. The molecule has 5 heteroatoms. The molecule has 26 heavy (non-hydrogen) atoms. The lowest BCUT2D eigenvalue weighted by atomic mass is 9.91. The fourth-order valence-electron chi connectivity index (χ4n) is 4.28. The van der Waals surface area contributed by atoms with Gasteiger partial charge < -0.3 is 4.90 Å². The highest BCUT2D eigenvalue weighted by molar-refractivity contribution is 7.17. The summed E-state index contributed by atoms with van der Waals surface area (Å²) in [6, 6.07) is 6.62. The molecule has 0 aliphatic carbocycles. The molecule has 1 aliphatic rings. The van der Waals surface area contributed by atoms with E-state index in [2.05, 4.69) is 66.1 Å². The number of fused-ring (bicyclic) bond motifs is 1. The minimum absolute atomic E-state index is 0.340. The van der Waals surface area contributed by atoms with Crippen molar-refractivity contribution in [2.24, 2.45) is 11.8 Å². The lowest BCUT2D eigenvalue weighted by Gasteiger charge is -2.36. The van der Waals surface area contributed by atoms with E-state index in [1.54, 1.807) is 11.3 Å². The molecule has 1 aromatic carbocycles. The van der Waals surface area contributed by atoms with Crippen LogP contribution in [0.4, 0.5) is 5.82 Å². The maximum absolute atomic E-state index is 6.28. The van der Waals surface area contributed by atoms with Gasteiger partial charge in [-0.25, -0.2) is 4.98 Å². The Balaban J connectivity index is 1.91. The SMILES string of the molecule is Cc1ccc(-c2csc3nc(Cl)nc(N4CC(C)CC(C)C4)c23)c(C)c1. The second kappa shape index (κ2) is 6.82. The number of aryl methyl sites for hydroxylation is 2. The van der Waals surface area contributed by atoms with Gasteiger partial charge in [-0.3, -0.25) is 0 Å². The van der Waals surface area contributed by atoms with Gasteiger partial charge in [-0.1, -0.05) is 37.6 Å². The molecule has 0 saturated carbocycles. The van der Waals surface area contributed by atoms with E-state index in [-0.39, 0.29) is 0 Å².